The van der Waals surface area contributed by atoms with E-state index >= 15 is 0 Å². The zero-order valence-electron chi connectivity index (χ0n) is 12.5. The maximum absolute atomic E-state index is 12.2. The van der Waals surface area contributed by atoms with E-state index in [2.05, 4.69) is 20.5 Å². The highest BCUT2D eigenvalue weighted by Crippen LogP contribution is 2.28. The van der Waals surface area contributed by atoms with Gasteiger partial charge < -0.3 is 10.3 Å². The molecule has 0 atom stereocenters. The van der Waals surface area contributed by atoms with Crippen molar-refractivity contribution in [2.75, 3.05) is 5.32 Å². The first kappa shape index (κ1) is 15.7. The van der Waals surface area contributed by atoms with Crippen molar-refractivity contribution in [1.82, 2.24) is 15.2 Å². The number of pyridine rings is 1. The maximum Gasteiger partial charge on any atom is 0.223 e. The van der Waals surface area contributed by atoms with Gasteiger partial charge in [0.2, 0.25) is 11.0 Å². The molecule has 0 bridgehead atoms. The van der Waals surface area contributed by atoms with Gasteiger partial charge in [0.15, 0.2) is 9.77 Å². The summed E-state index contributed by atoms with van der Waals surface area (Å²) in [6, 6.07) is 7.29. The van der Waals surface area contributed by atoms with Crippen molar-refractivity contribution in [1.29, 1.82) is 0 Å². The number of anilines is 1. The molecule has 0 saturated heterocycles. The van der Waals surface area contributed by atoms with Gasteiger partial charge in [-0.1, -0.05) is 35.2 Å². The first-order valence-corrected chi connectivity index (χ1v) is 8.68. The minimum atomic E-state index is -0.174. The highest BCUT2D eigenvalue weighted by atomic mass is 32.2. The molecule has 3 aromatic rings. The van der Waals surface area contributed by atoms with Gasteiger partial charge in [-0.2, -0.15) is 0 Å². The summed E-state index contributed by atoms with van der Waals surface area (Å²) in [4.78, 5) is 26.5. The number of benzene rings is 1. The highest BCUT2D eigenvalue weighted by Gasteiger charge is 2.08. The van der Waals surface area contributed by atoms with Crippen molar-refractivity contribution in [3.05, 3.63) is 45.7 Å². The Labute approximate surface area is 140 Å². The first-order valence-electron chi connectivity index (χ1n) is 6.88. The molecule has 0 unspecified atom stereocenters. The third-order valence-corrected chi connectivity index (χ3v) is 5.19. The molecule has 2 heterocycles. The van der Waals surface area contributed by atoms with E-state index in [1.807, 2.05) is 25.1 Å². The van der Waals surface area contributed by atoms with Crippen LogP contribution in [0.3, 0.4) is 0 Å². The minimum Gasteiger partial charge on any atom is -0.357 e. The average Bonchev–Trinajstić information content (AvgIpc) is 2.93. The molecule has 2 N–H and O–H groups in total. The van der Waals surface area contributed by atoms with E-state index in [-0.39, 0.29) is 11.3 Å². The van der Waals surface area contributed by atoms with Crippen LogP contribution < -0.4 is 10.7 Å². The molecule has 118 valence electrons. The summed E-state index contributed by atoms with van der Waals surface area (Å²) in [7, 11) is 0. The fraction of sp³-hybridized carbons (Fsp3) is 0.200. The fourth-order valence-corrected chi connectivity index (χ4v) is 3.86. The number of hydrogen-bond donors (Lipinski definition) is 2. The molecule has 8 heteroatoms. The third-order valence-electron chi connectivity index (χ3n) is 3.17. The number of rotatable bonds is 4. The summed E-state index contributed by atoms with van der Waals surface area (Å²) in [5, 5.41) is 11.7. The van der Waals surface area contributed by atoms with Crippen LogP contribution in [0, 0.1) is 6.92 Å². The van der Waals surface area contributed by atoms with E-state index in [1.165, 1.54) is 30.0 Å². The van der Waals surface area contributed by atoms with Crippen molar-refractivity contribution in [3.63, 3.8) is 0 Å². The van der Waals surface area contributed by atoms with Gasteiger partial charge in [0.1, 0.15) is 0 Å². The van der Waals surface area contributed by atoms with E-state index in [0.717, 1.165) is 21.1 Å². The molecule has 0 aliphatic heterocycles. The van der Waals surface area contributed by atoms with Crippen LogP contribution in [-0.2, 0) is 10.5 Å². The summed E-state index contributed by atoms with van der Waals surface area (Å²) in [6.45, 7) is 3.40. The number of H-pyrrole nitrogens is 1. The van der Waals surface area contributed by atoms with Gasteiger partial charge >= 0.3 is 0 Å². The molecular weight excluding hydrogens is 332 g/mol. The smallest absolute Gasteiger partial charge is 0.223 e. The maximum atomic E-state index is 12.2. The van der Waals surface area contributed by atoms with Crippen LogP contribution in [-0.4, -0.2) is 21.1 Å². The Morgan fingerprint density at radius 2 is 2.22 bits per heavy atom. The predicted molar refractivity (Wildman–Crippen MR) is 93.1 cm³/mol. The zero-order chi connectivity index (χ0) is 16.4. The molecule has 0 spiro atoms. The Morgan fingerprint density at radius 1 is 1.39 bits per heavy atom. The molecule has 23 heavy (non-hydrogen) atoms. The standard InChI is InChI=1S/C15H14N4O2S2/c1-8-4-3-5-11-12(21)6-10(17-13(8)11)7-22-15-19-18-14(23-15)16-9(2)20/h3-6H,7H2,1-2H3,(H,17,21)(H,16,18,20). The van der Waals surface area contributed by atoms with Crippen LogP contribution in [0.5, 0.6) is 0 Å². The quantitative estimate of drug-likeness (QED) is 0.560. The molecular formula is C15H14N4O2S2. The molecule has 6 nitrogen and oxygen atoms in total. The van der Waals surface area contributed by atoms with Gasteiger partial charge in [0, 0.05) is 29.8 Å². The molecule has 1 aromatic carbocycles. The van der Waals surface area contributed by atoms with Crippen molar-refractivity contribution >= 4 is 45.0 Å². The van der Waals surface area contributed by atoms with Crippen molar-refractivity contribution in [3.8, 4) is 0 Å². The Balaban J connectivity index is 1.79. The number of carbonyl (C=O) groups is 1. The minimum absolute atomic E-state index is 0.00856. The molecule has 0 saturated carbocycles. The van der Waals surface area contributed by atoms with Gasteiger partial charge in [-0.05, 0) is 18.6 Å². The topological polar surface area (TPSA) is 87.7 Å². The van der Waals surface area contributed by atoms with E-state index < -0.39 is 0 Å². The number of amides is 1. The van der Waals surface area contributed by atoms with Crippen LogP contribution in [0.2, 0.25) is 0 Å². The van der Waals surface area contributed by atoms with Crippen molar-refractivity contribution < 1.29 is 4.79 Å². The third kappa shape index (κ3) is 3.59. The van der Waals surface area contributed by atoms with Gasteiger partial charge in [0.05, 0.1) is 5.52 Å². The summed E-state index contributed by atoms with van der Waals surface area (Å²) in [5.74, 6) is 0.404. The Morgan fingerprint density at radius 3 is 3.00 bits per heavy atom. The summed E-state index contributed by atoms with van der Waals surface area (Å²) in [5.41, 5.74) is 2.74. The number of nitrogens with one attached hydrogen (secondary N) is 2. The van der Waals surface area contributed by atoms with Crippen LogP contribution in [0.25, 0.3) is 10.9 Å². The van der Waals surface area contributed by atoms with Crippen LogP contribution in [0.4, 0.5) is 5.13 Å². The number of hydrogen-bond acceptors (Lipinski definition) is 6. The molecule has 1 amide bonds. The van der Waals surface area contributed by atoms with Gasteiger partial charge in [-0.15, -0.1) is 10.2 Å². The second-order valence-corrected chi connectivity index (χ2v) is 7.20. The number of nitrogens with zero attached hydrogens (tertiary/aromatic N) is 2. The Hall–Kier alpha value is -2.19. The number of para-hydroxylation sites is 1. The number of thioether (sulfide) groups is 1. The lowest BCUT2D eigenvalue weighted by Gasteiger charge is -2.05. The second-order valence-electron chi connectivity index (χ2n) is 5.00. The van der Waals surface area contributed by atoms with Crippen LogP contribution in [0.15, 0.2) is 33.4 Å². The monoisotopic (exact) mass is 346 g/mol. The number of aryl methyl sites for hydroxylation is 1. The SMILES string of the molecule is CC(=O)Nc1nnc(SCc2cc(=O)c3cccc(C)c3[nH]2)s1. The number of aromatic nitrogens is 3. The number of carbonyl (C=O) groups excluding carboxylic acids is 1. The molecule has 0 radical (unpaired) electrons. The van der Waals surface area contributed by atoms with Crippen molar-refractivity contribution in [2.24, 2.45) is 0 Å². The highest BCUT2D eigenvalue weighted by molar-refractivity contribution is 8.00. The van der Waals surface area contributed by atoms with E-state index in [1.54, 1.807) is 6.07 Å². The molecule has 3 rings (SSSR count). The predicted octanol–water partition coefficient (Wildman–Crippen LogP) is 2.94. The number of fused-ring (bicyclic) bond motifs is 1. The van der Waals surface area contributed by atoms with Gasteiger partial charge in [-0.3, -0.25) is 9.59 Å². The fourth-order valence-electron chi connectivity index (χ4n) is 2.16. The summed E-state index contributed by atoms with van der Waals surface area (Å²) in [6.07, 6.45) is 0. The van der Waals surface area contributed by atoms with E-state index in [4.69, 9.17) is 0 Å². The van der Waals surface area contributed by atoms with E-state index in [9.17, 15) is 9.59 Å². The zero-order valence-corrected chi connectivity index (χ0v) is 14.2. The number of aromatic amines is 1. The normalized spacial score (nSPS) is 10.9. The molecule has 0 aliphatic carbocycles. The van der Waals surface area contributed by atoms with Crippen molar-refractivity contribution in [2.45, 2.75) is 23.9 Å². The lowest BCUT2D eigenvalue weighted by Crippen LogP contribution is -2.05. The molecule has 2 aromatic heterocycles. The van der Waals surface area contributed by atoms with E-state index in [0.29, 0.717) is 16.3 Å². The Bertz CT molecular complexity index is 933. The van der Waals surface area contributed by atoms with Crippen LogP contribution >= 0.6 is 23.1 Å². The van der Waals surface area contributed by atoms with Crippen LogP contribution in [0.1, 0.15) is 18.2 Å². The summed E-state index contributed by atoms with van der Waals surface area (Å²) >= 11 is 2.78. The molecule has 0 fully saturated rings. The largest absolute Gasteiger partial charge is 0.357 e. The second kappa shape index (κ2) is 6.51. The summed E-state index contributed by atoms with van der Waals surface area (Å²) < 4.78 is 0.736. The van der Waals surface area contributed by atoms with Gasteiger partial charge in [0.25, 0.3) is 0 Å². The molecule has 0 aliphatic rings. The average molecular weight is 346 g/mol. The lowest BCUT2D eigenvalue weighted by atomic mass is 10.1. The van der Waals surface area contributed by atoms with Gasteiger partial charge in [-0.25, -0.2) is 0 Å². The Kier molecular flexibility index (Phi) is 4.44. The lowest BCUT2D eigenvalue weighted by molar-refractivity contribution is -0.114. The first-order chi connectivity index (χ1) is 11.0.